The van der Waals surface area contributed by atoms with Crippen LogP contribution >= 0.6 is 0 Å². The Morgan fingerprint density at radius 3 is 2.78 bits per heavy atom. The second-order valence-corrected chi connectivity index (χ2v) is 4.16. The van der Waals surface area contributed by atoms with Gasteiger partial charge in [-0.1, -0.05) is 0 Å². The van der Waals surface area contributed by atoms with Crippen molar-refractivity contribution >= 4 is 0 Å². The molecular formula is C10H13FN2O5. The maximum atomic E-state index is 13.5. The summed E-state index contributed by atoms with van der Waals surface area (Å²) in [4.78, 5) is 24.8. The normalized spacial score (nSPS) is 31.8. The first-order valence-corrected chi connectivity index (χ1v) is 5.36. The first-order valence-electron chi connectivity index (χ1n) is 5.36. The van der Waals surface area contributed by atoms with Crippen LogP contribution in [0.2, 0.25) is 0 Å². The van der Waals surface area contributed by atoms with Gasteiger partial charge in [0.1, 0.15) is 12.2 Å². The molecule has 0 aromatic carbocycles. The van der Waals surface area contributed by atoms with E-state index in [1.807, 2.05) is 4.98 Å². The SMILES string of the molecule is Cc1cn([C@@H]2O[C@H](CO)[C@H](F)[C@H]2O)c(=O)[nH]c1=O. The van der Waals surface area contributed by atoms with Crippen LogP contribution in [-0.2, 0) is 4.74 Å². The van der Waals surface area contributed by atoms with Gasteiger partial charge in [-0.15, -0.1) is 0 Å². The summed E-state index contributed by atoms with van der Waals surface area (Å²) >= 11 is 0. The van der Waals surface area contributed by atoms with Crippen LogP contribution in [0.3, 0.4) is 0 Å². The van der Waals surface area contributed by atoms with E-state index in [0.717, 1.165) is 4.57 Å². The van der Waals surface area contributed by atoms with Crippen molar-refractivity contribution in [1.82, 2.24) is 9.55 Å². The van der Waals surface area contributed by atoms with Gasteiger partial charge in [0.15, 0.2) is 12.4 Å². The van der Waals surface area contributed by atoms with Crippen molar-refractivity contribution in [2.24, 2.45) is 0 Å². The molecule has 1 aromatic rings. The maximum absolute atomic E-state index is 13.5. The molecule has 18 heavy (non-hydrogen) atoms. The first-order chi connectivity index (χ1) is 8.45. The molecule has 0 bridgehead atoms. The lowest BCUT2D eigenvalue weighted by atomic mass is 10.1. The molecule has 0 aliphatic carbocycles. The van der Waals surface area contributed by atoms with Crippen molar-refractivity contribution in [1.29, 1.82) is 0 Å². The van der Waals surface area contributed by atoms with Crippen molar-refractivity contribution in [2.75, 3.05) is 6.61 Å². The molecule has 2 rings (SSSR count). The van der Waals surface area contributed by atoms with Crippen molar-refractivity contribution in [3.8, 4) is 0 Å². The summed E-state index contributed by atoms with van der Waals surface area (Å²) in [5.74, 6) is 0. The van der Waals surface area contributed by atoms with Crippen LogP contribution in [0.1, 0.15) is 11.8 Å². The molecule has 0 amide bonds. The van der Waals surface area contributed by atoms with E-state index in [2.05, 4.69) is 0 Å². The van der Waals surface area contributed by atoms with Gasteiger partial charge in [-0.25, -0.2) is 9.18 Å². The Kier molecular flexibility index (Phi) is 3.33. The summed E-state index contributed by atoms with van der Waals surface area (Å²) in [5.41, 5.74) is -1.13. The number of aromatic amines is 1. The predicted molar refractivity (Wildman–Crippen MR) is 58.0 cm³/mol. The Balaban J connectivity index is 2.42. The van der Waals surface area contributed by atoms with Crippen LogP contribution in [-0.4, -0.2) is 44.8 Å². The van der Waals surface area contributed by atoms with Crippen LogP contribution in [0, 0.1) is 6.92 Å². The van der Waals surface area contributed by atoms with Gasteiger partial charge in [0.2, 0.25) is 0 Å². The number of ether oxygens (including phenoxy) is 1. The van der Waals surface area contributed by atoms with Gasteiger partial charge in [0.25, 0.3) is 5.56 Å². The molecule has 0 radical (unpaired) electrons. The zero-order valence-electron chi connectivity index (χ0n) is 9.54. The van der Waals surface area contributed by atoms with E-state index >= 15 is 0 Å². The molecule has 1 fully saturated rings. The monoisotopic (exact) mass is 260 g/mol. The Morgan fingerprint density at radius 1 is 1.56 bits per heavy atom. The van der Waals surface area contributed by atoms with Crippen molar-refractivity contribution in [3.63, 3.8) is 0 Å². The highest BCUT2D eigenvalue weighted by Gasteiger charge is 2.45. The number of hydrogen-bond acceptors (Lipinski definition) is 5. The first kappa shape index (κ1) is 12.9. The lowest BCUT2D eigenvalue weighted by molar-refractivity contribution is -0.0538. The van der Waals surface area contributed by atoms with Gasteiger partial charge >= 0.3 is 5.69 Å². The molecule has 2 heterocycles. The summed E-state index contributed by atoms with van der Waals surface area (Å²) in [6.45, 7) is 0.859. The van der Waals surface area contributed by atoms with Gasteiger partial charge in [0.05, 0.1) is 6.61 Å². The minimum absolute atomic E-state index is 0.230. The number of aliphatic hydroxyl groups is 2. The third-order valence-electron chi connectivity index (χ3n) is 2.89. The van der Waals surface area contributed by atoms with E-state index in [-0.39, 0.29) is 5.56 Å². The van der Waals surface area contributed by atoms with Gasteiger partial charge in [-0.2, -0.15) is 0 Å². The van der Waals surface area contributed by atoms with Gasteiger partial charge in [0, 0.05) is 11.8 Å². The number of halogens is 1. The van der Waals surface area contributed by atoms with Crippen molar-refractivity contribution < 1.29 is 19.3 Å². The fraction of sp³-hybridized carbons (Fsp3) is 0.600. The van der Waals surface area contributed by atoms with E-state index in [1.165, 1.54) is 13.1 Å². The van der Waals surface area contributed by atoms with Crippen LogP contribution < -0.4 is 11.2 Å². The molecule has 0 saturated carbocycles. The van der Waals surface area contributed by atoms with Gasteiger partial charge in [-0.05, 0) is 6.92 Å². The van der Waals surface area contributed by atoms with E-state index in [9.17, 15) is 19.1 Å². The van der Waals surface area contributed by atoms with E-state index in [4.69, 9.17) is 9.84 Å². The molecule has 7 nitrogen and oxygen atoms in total. The molecule has 3 N–H and O–H groups in total. The van der Waals surface area contributed by atoms with Crippen LogP contribution in [0.5, 0.6) is 0 Å². The number of H-pyrrole nitrogens is 1. The minimum atomic E-state index is -1.79. The lowest BCUT2D eigenvalue weighted by Gasteiger charge is -2.17. The smallest absolute Gasteiger partial charge is 0.330 e. The number of aliphatic hydroxyl groups excluding tert-OH is 2. The fourth-order valence-corrected chi connectivity index (χ4v) is 1.86. The van der Waals surface area contributed by atoms with Crippen LogP contribution in [0.4, 0.5) is 4.39 Å². The molecular weight excluding hydrogens is 247 g/mol. The number of nitrogens with zero attached hydrogens (tertiary/aromatic N) is 1. The molecule has 0 spiro atoms. The summed E-state index contributed by atoms with van der Waals surface area (Å²) < 4.78 is 19.5. The van der Waals surface area contributed by atoms with Crippen LogP contribution in [0.25, 0.3) is 0 Å². The Hall–Kier alpha value is -1.51. The zero-order valence-corrected chi connectivity index (χ0v) is 9.54. The van der Waals surface area contributed by atoms with E-state index < -0.39 is 42.5 Å². The number of nitrogens with one attached hydrogen (secondary N) is 1. The van der Waals surface area contributed by atoms with Gasteiger partial charge in [-0.3, -0.25) is 14.3 Å². The molecule has 100 valence electrons. The predicted octanol–water partition coefficient (Wildman–Crippen LogP) is -1.57. The number of aromatic nitrogens is 2. The number of rotatable bonds is 2. The lowest BCUT2D eigenvalue weighted by Crippen LogP contribution is -2.37. The molecule has 1 aromatic heterocycles. The number of hydrogen-bond donors (Lipinski definition) is 3. The number of aryl methyl sites for hydroxylation is 1. The maximum Gasteiger partial charge on any atom is 0.330 e. The molecule has 8 heteroatoms. The fourth-order valence-electron chi connectivity index (χ4n) is 1.86. The zero-order chi connectivity index (χ0) is 13.4. The van der Waals surface area contributed by atoms with Crippen molar-refractivity contribution in [3.05, 3.63) is 32.6 Å². The summed E-state index contributed by atoms with van der Waals surface area (Å²) in [6.07, 6.45) is -4.64. The van der Waals surface area contributed by atoms with Crippen LogP contribution in [0.15, 0.2) is 15.8 Å². The highest BCUT2D eigenvalue weighted by atomic mass is 19.1. The molecule has 1 saturated heterocycles. The highest BCUT2D eigenvalue weighted by molar-refractivity contribution is 5.03. The second-order valence-electron chi connectivity index (χ2n) is 4.16. The molecule has 0 unspecified atom stereocenters. The van der Waals surface area contributed by atoms with Crippen molar-refractivity contribution in [2.45, 2.75) is 31.5 Å². The summed E-state index contributed by atoms with van der Waals surface area (Å²) in [6, 6.07) is 0. The third-order valence-corrected chi connectivity index (χ3v) is 2.89. The summed E-state index contributed by atoms with van der Waals surface area (Å²) in [7, 11) is 0. The Labute approximate surface area is 100 Å². The Bertz CT molecular complexity index is 554. The quantitative estimate of drug-likeness (QED) is 0.596. The highest BCUT2D eigenvalue weighted by Crippen LogP contribution is 2.30. The molecule has 1 aliphatic heterocycles. The largest absolute Gasteiger partial charge is 0.394 e. The summed E-state index contributed by atoms with van der Waals surface area (Å²) in [5, 5.41) is 18.5. The van der Waals surface area contributed by atoms with E-state index in [0.29, 0.717) is 0 Å². The average Bonchev–Trinajstić information content (AvgIpc) is 2.61. The number of alkyl halides is 1. The minimum Gasteiger partial charge on any atom is -0.394 e. The average molecular weight is 260 g/mol. The topological polar surface area (TPSA) is 105 Å². The standard InChI is InChI=1S/C10H13FN2O5/c1-4-2-13(10(17)12-8(4)16)9-7(15)6(11)5(3-14)18-9/h2,5-7,9,14-15H,3H2,1H3,(H,12,16,17)/t5-,6+,7-,9-/m1/s1. The molecule has 4 atom stereocenters. The third kappa shape index (κ3) is 1.98. The second kappa shape index (κ2) is 4.63. The Morgan fingerprint density at radius 2 is 2.22 bits per heavy atom. The van der Waals surface area contributed by atoms with Gasteiger partial charge < -0.3 is 14.9 Å². The molecule has 1 aliphatic rings. The van der Waals surface area contributed by atoms with E-state index in [1.54, 1.807) is 0 Å².